The van der Waals surface area contributed by atoms with Crippen LogP contribution in [0.25, 0.3) is 22.0 Å². The monoisotopic (exact) mass is 510 g/mol. The van der Waals surface area contributed by atoms with E-state index in [0.29, 0.717) is 11.1 Å². The van der Waals surface area contributed by atoms with E-state index in [1.165, 1.54) is 32.0 Å². The molecule has 2 amide bonds. The van der Waals surface area contributed by atoms with Gasteiger partial charge in [-0.05, 0) is 43.2 Å². The van der Waals surface area contributed by atoms with E-state index in [1.54, 1.807) is 12.1 Å². The third kappa shape index (κ3) is 4.47. The molecule has 12 heteroatoms. The molecule has 0 radical (unpaired) electrons. The van der Waals surface area contributed by atoms with Crippen LogP contribution in [0.4, 0.5) is 17.6 Å². The highest BCUT2D eigenvalue weighted by Gasteiger charge is 2.41. The molecule has 0 saturated heterocycles. The average molecular weight is 510 g/mol. The van der Waals surface area contributed by atoms with E-state index in [1.807, 2.05) is 6.07 Å². The predicted molar refractivity (Wildman–Crippen MR) is 125 cm³/mol. The lowest BCUT2D eigenvalue weighted by Gasteiger charge is -2.16. The van der Waals surface area contributed by atoms with Crippen LogP contribution in [-0.4, -0.2) is 26.6 Å². The van der Waals surface area contributed by atoms with Gasteiger partial charge in [-0.1, -0.05) is 12.1 Å². The van der Waals surface area contributed by atoms with Crippen molar-refractivity contribution < 1.29 is 27.2 Å². The number of primary amides is 2. The highest BCUT2D eigenvalue weighted by molar-refractivity contribution is 6.15. The fraction of sp³-hybridized carbons (Fsp3) is 0.160. The van der Waals surface area contributed by atoms with Gasteiger partial charge in [0.2, 0.25) is 5.91 Å². The van der Waals surface area contributed by atoms with Crippen LogP contribution in [0, 0.1) is 31.0 Å². The van der Waals surface area contributed by atoms with Crippen LogP contribution in [-0.2, 0) is 12.7 Å². The molecule has 0 atom stereocenters. The molecular weight excluding hydrogens is 492 g/mol. The Bertz CT molecular complexity index is 1630. The predicted octanol–water partition coefficient (Wildman–Crippen LogP) is 3.99. The summed E-state index contributed by atoms with van der Waals surface area (Å²) in [7, 11) is 0. The number of alkyl halides is 3. The fourth-order valence-corrected chi connectivity index (χ4v) is 4.13. The van der Waals surface area contributed by atoms with Crippen molar-refractivity contribution in [1.29, 1.82) is 5.26 Å². The van der Waals surface area contributed by atoms with Gasteiger partial charge in [0.05, 0.1) is 29.3 Å². The molecule has 0 aliphatic rings. The van der Waals surface area contributed by atoms with Crippen LogP contribution in [0.2, 0.25) is 0 Å². The summed E-state index contributed by atoms with van der Waals surface area (Å²) in [4.78, 5) is 29.0. The second-order valence-electron chi connectivity index (χ2n) is 8.33. The highest BCUT2D eigenvalue weighted by atomic mass is 19.4. The van der Waals surface area contributed by atoms with Crippen molar-refractivity contribution >= 4 is 22.7 Å². The molecule has 4 aromatic rings. The minimum atomic E-state index is -5.01. The number of aryl methyl sites for hydroxylation is 1. The summed E-state index contributed by atoms with van der Waals surface area (Å²) in [6, 6.07) is 10.2. The third-order valence-corrected chi connectivity index (χ3v) is 5.89. The Balaban J connectivity index is 2.09. The van der Waals surface area contributed by atoms with Crippen LogP contribution < -0.4 is 11.5 Å². The number of halogens is 4. The number of hydrogen-bond acceptors (Lipinski definition) is 5. The number of benzene rings is 2. The first-order chi connectivity index (χ1) is 17.3. The lowest BCUT2D eigenvalue weighted by atomic mass is 9.91. The molecule has 8 nitrogen and oxygen atoms in total. The second kappa shape index (κ2) is 9.02. The minimum absolute atomic E-state index is 0.0428. The van der Waals surface area contributed by atoms with Gasteiger partial charge in [0.1, 0.15) is 11.5 Å². The standard InChI is InChI=1S/C25H18F4N6O2/c1-11-7-15-17(8-16(11)26)33-21(24(32)37)20(19(15)23(31)36)18-12(2)35(34-22(18)25(27,28)29)10-14-5-3-13(9-30)4-6-14/h3-8H,10H2,1-2H3,(H2,31,36)(H2,32,37). The van der Waals surface area contributed by atoms with Crippen molar-refractivity contribution in [3.63, 3.8) is 0 Å². The molecule has 4 N–H and O–H groups in total. The van der Waals surface area contributed by atoms with Gasteiger partial charge >= 0.3 is 6.18 Å². The molecule has 2 aromatic carbocycles. The van der Waals surface area contributed by atoms with E-state index < -0.39 is 51.9 Å². The summed E-state index contributed by atoms with van der Waals surface area (Å²) < 4.78 is 58.0. The second-order valence-corrected chi connectivity index (χ2v) is 8.33. The number of hydrogen-bond donors (Lipinski definition) is 2. The Morgan fingerprint density at radius 3 is 2.24 bits per heavy atom. The number of nitriles is 1. The quantitative estimate of drug-likeness (QED) is 0.391. The maximum Gasteiger partial charge on any atom is 0.435 e. The van der Waals surface area contributed by atoms with Crippen molar-refractivity contribution in [3.05, 3.63) is 81.6 Å². The SMILES string of the molecule is Cc1cc2c(C(N)=O)c(-c3c(C(F)(F)F)nn(Cc4ccc(C#N)cc4)c3C)c(C(N)=O)nc2cc1F. The number of nitrogens with two attached hydrogens (primary N) is 2. The first kappa shape index (κ1) is 25.3. The maximum absolute atomic E-state index is 14.2. The van der Waals surface area contributed by atoms with Crippen molar-refractivity contribution in [1.82, 2.24) is 14.8 Å². The Kier molecular flexibility index (Phi) is 6.17. The fourth-order valence-electron chi connectivity index (χ4n) is 4.13. The van der Waals surface area contributed by atoms with E-state index in [9.17, 15) is 27.2 Å². The molecule has 0 saturated carbocycles. The number of pyridine rings is 1. The molecular formula is C25H18F4N6O2. The molecule has 37 heavy (non-hydrogen) atoms. The lowest BCUT2D eigenvalue weighted by Crippen LogP contribution is -2.21. The van der Waals surface area contributed by atoms with Gasteiger partial charge in [-0.15, -0.1) is 0 Å². The van der Waals surface area contributed by atoms with Crippen molar-refractivity contribution in [3.8, 4) is 17.2 Å². The van der Waals surface area contributed by atoms with Crippen LogP contribution >= 0.6 is 0 Å². The van der Waals surface area contributed by atoms with Gasteiger partial charge in [0, 0.05) is 28.3 Å². The maximum atomic E-state index is 14.2. The Morgan fingerprint density at radius 1 is 1.05 bits per heavy atom. The zero-order valence-electron chi connectivity index (χ0n) is 19.4. The number of carbonyl (C=O) groups excluding carboxylic acids is 2. The van der Waals surface area contributed by atoms with Gasteiger partial charge in [0.25, 0.3) is 5.91 Å². The topological polar surface area (TPSA) is 141 Å². The molecule has 0 bridgehead atoms. The molecule has 0 spiro atoms. The van der Waals surface area contributed by atoms with Gasteiger partial charge in [0.15, 0.2) is 5.69 Å². The number of nitrogens with zero attached hydrogens (tertiary/aromatic N) is 4. The zero-order chi connectivity index (χ0) is 27.2. The summed E-state index contributed by atoms with van der Waals surface area (Å²) in [6.45, 7) is 2.60. The van der Waals surface area contributed by atoms with Gasteiger partial charge in [-0.25, -0.2) is 9.37 Å². The van der Waals surface area contributed by atoms with Crippen molar-refractivity contribution in [2.45, 2.75) is 26.6 Å². The zero-order valence-corrected chi connectivity index (χ0v) is 19.4. The Hall–Kier alpha value is -4.79. The number of amides is 2. The van der Waals surface area contributed by atoms with Crippen LogP contribution in [0.5, 0.6) is 0 Å². The number of aromatic nitrogens is 3. The molecule has 0 fully saturated rings. The Morgan fingerprint density at radius 2 is 1.70 bits per heavy atom. The molecule has 188 valence electrons. The largest absolute Gasteiger partial charge is 0.435 e. The third-order valence-electron chi connectivity index (χ3n) is 5.89. The van der Waals surface area contributed by atoms with Gasteiger partial charge in [-0.2, -0.15) is 23.5 Å². The van der Waals surface area contributed by atoms with Crippen LogP contribution in [0.1, 0.15) is 48.9 Å². The van der Waals surface area contributed by atoms with Crippen LogP contribution in [0.15, 0.2) is 36.4 Å². The molecule has 2 heterocycles. The van der Waals surface area contributed by atoms with Crippen molar-refractivity contribution in [2.75, 3.05) is 0 Å². The number of fused-ring (bicyclic) bond motifs is 1. The summed E-state index contributed by atoms with van der Waals surface area (Å²) in [5, 5.41) is 12.7. The van der Waals surface area contributed by atoms with E-state index in [-0.39, 0.29) is 28.7 Å². The van der Waals surface area contributed by atoms with E-state index in [0.717, 1.165) is 10.7 Å². The first-order valence-electron chi connectivity index (χ1n) is 10.7. The minimum Gasteiger partial charge on any atom is -0.366 e. The highest BCUT2D eigenvalue weighted by Crippen LogP contribution is 2.42. The molecule has 0 aliphatic carbocycles. The first-order valence-corrected chi connectivity index (χ1v) is 10.7. The van der Waals surface area contributed by atoms with E-state index in [4.69, 9.17) is 16.7 Å². The van der Waals surface area contributed by atoms with Crippen LogP contribution in [0.3, 0.4) is 0 Å². The average Bonchev–Trinajstić information content (AvgIpc) is 3.15. The Labute approximate surface area is 207 Å². The summed E-state index contributed by atoms with van der Waals surface area (Å²) >= 11 is 0. The van der Waals surface area contributed by atoms with Gasteiger partial charge < -0.3 is 11.5 Å². The molecule has 4 rings (SSSR count). The van der Waals surface area contributed by atoms with Crippen molar-refractivity contribution in [2.24, 2.45) is 11.5 Å². The van der Waals surface area contributed by atoms with E-state index >= 15 is 0 Å². The van der Waals surface area contributed by atoms with E-state index in [2.05, 4.69) is 10.1 Å². The molecule has 0 aliphatic heterocycles. The summed E-state index contributed by atoms with van der Waals surface area (Å²) in [6.07, 6.45) is -5.01. The smallest absolute Gasteiger partial charge is 0.366 e. The normalized spacial score (nSPS) is 11.5. The number of rotatable bonds is 5. The summed E-state index contributed by atoms with van der Waals surface area (Å²) in [5.41, 5.74) is 8.15. The number of carbonyl (C=O) groups is 2. The molecule has 2 aromatic heterocycles. The van der Waals surface area contributed by atoms with Gasteiger partial charge in [-0.3, -0.25) is 14.3 Å². The lowest BCUT2D eigenvalue weighted by molar-refractivity contribution is -0.141. The summed E-state index contributed by atoms with van der Waals surface area (Å²) in [5.74, 6) is -3.11. The molecule has 0 unspecified atom stereocenters.